The van der Waals surface area contributed by atoms with E-state index >= 15 is 8.78 Å². The highest BCUT2D eigenvalue weighted by molar-refractivity contribution is 6.19. The van der Waals surface area contributed by atoms with Crippen LogP contribution in [0, 0.1) is 55.1 Å². The van der Waals surface area contributed by atoms with Gasteiger partial charge in [0.15, 0.2) is 46.3 Å². The van der Waals surface area contributed by atoms with Crippen LogP contribution in [0.1, 0.15) is 109 Å². The number of aromatic amines is 2. The predicted octanol–water partition coefficient (Wildman–Crippen LogP) is 15.3. The van der Waals surface area contributed by atoms with E-state index in [1.165, 1.54) is 52.7 Å². The summed E-state index contributed by atoms with van der Waals surface area (Å²) < 4.78 is 119. The lowest BCUT2D eigenvalue weighted by atomic mass is 9.78. The van der Waals surface area contributed by atoms with Crippen LogP contribution in [0.15, 0.2) is 114 Å². The highest BCUT2D eigenvalue weighted by Crippen LogP contribution is 2.48. The van der Waals surface area contributed by atoms with E-state index in [-0.39, 0.29) is 101 Å². The van der Waals surface area contributed by atoms with Gasteiger partial charge in [-0.15, -0.1) is 0 Å². The molecular weight excluding hydrogens is 1320 g/mol. The molecular formula is C74H80F6N10O11. The molecule has 27 heteroatoms. The van der Waals surface area contributed by atoms with Gasteiger partial charge in [-0.2, -0.15) is 10.2 Å². The summed E-state index contributed by atoms with van der Waals surface area (Å²) in [6, 6.07) is 20.9. The number of nitro benzene ring substituents is 2. The highest BCUT2D eigenvalue weighted by Gasteiger charge is 2.37. The number of methoxy groups -OCH3 is 6. The van der Waals surface area contributed by atoms with E-state index in [9.17, 15) is 42.6 Å². The molecule has 0 spiro atoms. The monoisotopic (exact) mass is 1400 g/mol. The van der Waals surface area contributed by atoms with Crippen LogP contribution >= 0.6 is 0 Å². The molecule has 6 aromatic carbocycles. The number of hydrogen-bond acceptors (Lipinski definition) is 16. The van der Waals surface area contributed by atoms with Crippen molar-refractivity contribution in [2.24, 2.45) is 4.99 Å². The maximum atomic E-state index is 15.3. The molecule has 534 valence electrons. The van der Waals surface area contributed by atoms with Crippen LogP contribution in [0.5, 0.6) is 34.5 Å². The van der Waals surface area contributed by atoms with Crippen LogP contribution in [0.3, 0.4) is 0 Å². The number of hydrogen-bond donors (Lipinski definition) is 3. The zero-order valence-electron chi connectivity index (χ0n) is 55.4. The maximum absolute atomic E-state index is 15.3. The van der Waals surface area contributed by atoms with E-state index < -0.39 is 50.7 Å². The SMILES string of the molecule is C.C.C=CC(=O)Nc1ccc(N2CCN(C)CC2)cc1C1=NCC2=C1CCC(c1c(F)c(OC)cc(OC)c1F)C2.COc1cc(OC)c(F)c(C2CCc3c(-c4cc(F)ccc4[N+](=O)[O-])n[nH]c3C2)c1F.COc1cc(OC)cc(C2CCc3c(-c4cc(F)ccc4[N+](=O)[O-])n[nH]c3C2)c1. The Hall–Kier alpha value is -10.7. The molecule has 4 heterocycles. The van der Waals surface area contributed by atoms with E-state index in [0.717, 1.165) is 119 Å². The number of benzene rings is 6. The fourth-order valence-electron chi connectivity index (χ4n) is 13.8. The number of carbonyl (C=O) groups excluding carboxylic acids is 1. The molecule has 8 aromatic rings. The van der Waals surface area contributed by atoms with Crippen molar-refractivity contribution < 1.29 is 69.4 Å². The molecule has 5 aliphatic rings. The number of carbonyl (C=O) groups is 1. The fourth-order valence-corrected chi connectivity index (χ4v) is 13.8. The zero-order valence-corrected chi connectivity index (χ0v) is 55.4. The summed E-state index contributed by atoms with van der Waals surface area (Å²) in [6.45, 7) is 7.82. The van der Waals surface area contributed by atoms with Crippen molar-refractivity contribution >= 4 is 34.4 Å². The Morgan fingerprint density at radius 1 is 0.584 bits per heavy atom. The predicted molar refractivity (Wildman–Crippen MR) is 373 cm³/mol. The van der Waals surface area contributed by atoms with Crippen molar-refractivity contribution in [1.82, 2.24) is 25.3 Å². The summed E-state index contributed by atoms with van der Waals surface area (Å²) in [6.07, 6.45) is 6.02. The summed E-state index contributed by atoms with van der Waals surface area (Å²) in [4.78, 5) is 43.4. The zero-order chi connectivity index (χ0) is 70.5. The van der Waals surface area contributed by atoms with Crippen molar-refractivity contribution in [1.29, 1.82) is 0 Å². The van der Waals surface area contributed by atoms with Crippen molar-refractivity contribution in [2.45, 2.75) is 90.4 Å². The van der Waals surface area contributed by atoms with Gasteiger partial charge in [-0.1, -0.05) is 21.4 Å². The van der Waals surface area contributed by atoms with Gasteiger partial charge in [0.1, 0.15) is 34.5 Å². The molecule has 3 N–H and O–H groups in total. The van der Waals surface area contributed by atoms with Crippen LogP contribution in [0.4, 0.5) is 49.1 Å². The fraction of sp³-hybridized carbons (Fsp3) is 0.351. The van der Waals surface area contributed by atoms with Crippen LogP contribution in [0.25, 0.3) is 22.5 Å². The van der Waals surface area contributed by atoms with Gasteiger partial charge in [-0.05, 0) is 160 Å². The number of fused-ring (bicyclic) bond motifs is 2. The first-order valence-electron chi connectivity index (χ1n) is 31.9. The Balaban J connectivity index is 0.000000177. The Labute approximate surface area is 580 Å². The van der Waals surface area contributed by atoms with E-state index in [1.807, 2.05) is 30.3 Å². The Kier molecular flexibility index (Phi) is 23.7. The lowest BCUT2D eigenvalue weighted by Crippen LogP contribution is -2.44. The van der Waals surface area contributed by atoms with E-state index in [4.69, 9.17) is 33.4 Å². The summed E-state index contributed by atoms with van der Waals surface area (Å²) in [5.41, 5.74) is 10.2. The number of nitrogens with zero attached hydrogens (tertiary/aromatic N) is 7. The van der Waals surface area contributed by atoms with Crippen LogP contribution in [-0.4, -0.2) is 129 Å². The second-order valence-corrected chi connectivity index (χ2v) is 24.5. The number of aromatic nitrogens is 4. The van der Waals surface area contributed by atoms with Gasteiger partial charge in [0.2, 0.25) is 5.91 Å². The topological polar surface area (TPSA) is 247 Å². The minimum absolute atomic E-state index is 0. The number of likely N-dealkylation sites (N-methyl/N-ethyl adjacent to an activating group) is 1. The number of halogens is 6. The van der Waals surface area contributed by atoms with Crippen molar-refractivity contribution in [3.8, 4) is 57.0 Å². The third kappa shape index (κ3) is 15.4. The second kappa shape index (κ2) is 32.1. The molecule has 1 amide bonds. The maximum Gasteiger partial charge on any atom is 0.279 e. The normalized spacial score (nSPS) is 16.7. The quantitative estimate of drug-likeness (QED) is 0.0332. The standard InChI is InChI=1S/C30H34F2N4O3.C21H18F3N3O4.C21H20FN3O4.2CH4/c1-5-26(37)34-23-9-7-20(36-12-10-35(2)11-13-36)15-22(23)30-21-8-6-18(14-19(21)17-33-30)27-28(31)24(38-3)16-25(39-4)29(27)32;1-30-16-9-17(31-2)20(24)18(19(16)23)10-3-5-12-14(7-10)25-26-21(12)13-8-11(22)4-6-15(13)27(28)29;1-28-15-7-13(8-16(11-15)29-2)12-3-5-17-19(9-12)23-24-21(17)18-10-14(22)4-6-20(18)25(26)27;;/h5,7,9,15-16,18H,1,6,8,10-14,17H2,2-4H3,(H,34,37);4,6,8-10H,3,5,7H2,1-2H3,(H,25,26);4,6-8,10-12H,3,5,9H2,1-2H3,(H,23,24);2*1H4. The van der Waals surface area contributed by atoms with Crippen molar-refractivity contribution in [2.75, 3.05) is 92.6 Å². The molecule has 3 atom stereocenters. The van der Waals surface area contributed by atoms with Crippen LogP contribution in [0.2, 0.25) is 0 Å². The van der Waals surface area contributed by atoms with Gasteiger partial charge < -0.3 is 43.5 Å². The van der Waals surface area contributed by atoms with Gasteiger partial charge >= 0.3 is 0 Å². The highest BCUT2D eigenvalue weighted by atomic mass is 19.2. The number of aliphatic imine (C=N–C) groups is 1. The van der Waals surface area contributed by atoms with Gasteiger partial charge in [-0.25, -0.2) is 26.3 Å². The Morgan fingerprint density at radius 3 is 1.51 bits per heavy atom. The molecule has 2 aromatic heterocycles. The number of anilines is 2. The average molecular weight is 1400 g/mol. The van der Waals surface area contributed by atoms with E-state index in [2.05, 4.69) is 55.2 Å². The summed E-state index contributed by atoms with van der Waals surface area (Å²) in [7, 11) is 10.6. The summed E-state index contributed by atoms with van der Waals surface area (Å²) >= 11 is 0. The molecule has 1 fully saturated rings. The van der Waals surface area contributed by atoms with Gasteiger partial charge in [0, 0.05) is 101 Å². The lowest BCUT2D eigenvalue weighted by Gasteiger charge is -2.34. The largest absolute Gasteiger partial charge is 0.497 e. The number of allylic oxidation sites excluding steroid dienone is 1. The first kappa shape index (κ1) is 74.5. The number of amides is 1. The number of H-pyrrole nitrogens is 2. The number of nitro groups is 2. The first-order valence-corrected chi connectivity index (χ1v) is 31.9. The van der Waals surface area contributed by atoms with Crippen molar-refractivity contribution in [3.05, 3.63) is 209 Å². The number of piperazine rings is 1. The minimum Gasteiger partial charge on any atom is -0.497 e. The molecule has 21 nitrogen and oxygen atoms in total. The number of ether oxygens (including phenoxy) is 6. The summed E-state index contributed by atoms with van der Waals surface area (Å²) in [5, 5.41) is 39.9. The van der Waals surface area contributed by atoms with E-state index in [0.29, 0.717) is 74.1 Å². The van der Waals surface area contributed by atoms with Crippen LogP contribution in [-0.2, 0) is 30.5 Å². The van der Waals surface area contributed by atoms with Gasteiger partial charge in [0.25, 0.3) is 11.4 Å². The second-order valence-electron chi connectivity index (χ2n) is 24.5. The number of rotatable bonds is 17. The average Bonchev–Trinajstić information content (AvgIpc) is 1.76. The molecule has 3 aliphatic carbocycles. The minimum atomic E-state index is -0.797. The van der Waals surface area contributed by atoms with E-state index in [1.54, 1.807) is 14.2 Å². The van der Waals surface area contributed by atoms with Gasteiger partial charge in [0.05, 0.1) is 81.6 Å². The Bertz CT molecular complexity index is 4430. The smallest absolute Gasteiger partial charge is 0.279 e. The first-order chi connectivity index (χ1) is 47.7. The Morgan fingerprint density at radius 2 is 1.05 bits per heavy atom. The molecule has 3 unspecified atom stereocenters. The summed E-state index contributed by atoms with van der Waals surface area (Å²) in [5.74, 6) is -3.94. The third-order valence-electron chi connectivity index (χ3n) is 18.9. The van der Waals surface area contributed by atoms with Crippen molar-refractivity contribution in [3.63, 3.8) is 0 Å². The molecule has 101 heavy (non-hydrogen) atoms. The number of nitrogens with one attached hydrogen (secondary N) is 3. The molecule has 1 saturated heterocycles. The third-order valence-corrected chi connectivity index (χ3v) is 18.9. The molecule has 0 saturated carbocycles. The molecule has 2 aliphatic heterocycles. The van der Waals surface area contributed by atoms with Crippen LogP contribution < -0.4 is 38.6 Å². The molecule has 13 rings (SSSR count). The molecule has 0 radical (unpaired) electrons. The lowest BCUT2D eigenvalue weighted by molar-refractivity contribution is -0.384. The molecule has 0 bridgehead atoms. The van der Waals surface area contributed by atoms with Gasteiger partial charge in [-0.3, -0.25) is 40.2 Å².